The van der Waals surface area contributed by atoms with Crippen molar-refractivity contribution in [3.05, 3.63) is 0 Å². The van der Waals surface area contributed by atoms with E-state index < -0.39 is 8.32 Å². The molecule has 3 atom stereocenters. The van der Waals surface area contributed by atoms with E-state index in [2.05, 4.69) is 41.5 Å². The average molecular weight is 303 g/mol. The van der Waals surface area contributed by atoms with Crippen molar-refractivity contribution in [2.45, 2.75) is 77.1 Å². The predicted molar refractivity (Wildman–Crippen MR) is 86.3 cm³/mol. The van der Waals surface area contributed by atoms with Gasteiger partial charge < -0.3 is 14.6 Å². The highest BCUT2D eigenvalue weighted by Crippen LogP contribution is 2.48. The number of aliphatic hydroxyl groups is 2. The van der Waals surface area contributed by atoms with Gasteiger partial charge in [0, 0.05) is 19.3 Å². The quantitative estimate of drug-likeness (QED) is 0.674. The summed E-state index contributed by atoms with van der Waals surface area (Å²) in [5, 5.41) is 18.6. The third-order valence-electron chi connectivity index (χ3n) is 5.38. The topological polar surface area (TPSA) is 49.7 Å². The van der Waals surface area contributed by atoms with Crippen LogP contribution in [0, 0.1) is 11.8 Å². The molecule has 120 valence electrons. The highest BCUT2D eigenvalue weighted by atomic mass is 28.4. The minimum absolute atomic E-state index is 0.195. The molecule has 4 heteroatoms. The van der Waals surface area contributed by atoms with E-state index >= 15 is 0 Å². The van der Waals surface area contributed by atoms with Gasteiger partial charge in [0.15, 0.2) is 0 Å². The summed E-state index contributed by atoms with van der Waals surface area (Å²) in [5.74, 6) is 0.665. The van der Waals surface area contributed by atoms with Crippen LogP contribution in [0.15, 0.2) is 0 Å². The molecule has 0 aromatic heterocycles. The van der Waals surface area contributed by atoms with Gasteiger partial charge in [0.25, 0.3) is 0 Å². The van der Waals surface area contributed by atoms with E-state index in [1.54, 1.807) is 0 Å². The Hall–Kier alpha value is 0.0969. The van der Waals surface area contributed by atoms with Gasteiger partial charge in [0.05, 0.1) is 0 Å². The lowest BCUT2D eigenvalue weighted by Gasteiger charge is -2.52. The summed E-state index contributed by atoms with van der Waals surface area (Å²) in [6.45, 7) is 14.2. The second kappa shape index (κ2) is 7.39. The molecule has 20 heavy (non-hydrogen) atoms. The van der Waals surface area contributed by atoms with Crippen LogP contribution in [0.5, 0.6) is 0 Å². The first-order chi connectivity index (χ1) is 9.31. The summed E-state index contributed by atoms with van der Waals surface area (Å²) in [6.07, 6.45) is 1.97. The molecule has 0 spiro atoms. The zero-order chi connectivity index (χ0) is 15.5. The van der Waals surface area contributed by atoms with Crippen molar-refractivity contribution in [2.24, 2.45) is 11.8 Å². The lowest BCUT2D eigenvalue weighted by Crippen LogP contribution is -2.56. The molecule has 0 bridgehead atoms. The van der Waals surface area contributed by atoms with E-state index in [4.69, 9.17) is 4.43 Å². The second-order valence-electron chi connectivity index (χ2n) is 7.33. The molecule has 0 aliphatic heterocycles. The maximum absolute atomic E-state index is 9.40. The molecule has 0 aromatic carbocycles. The van der Waals surface area contributed by atoms with Crippen LogP contribution in [-0.2, 0) is 4.43 Å². The zero-order valence-electron chi connectivity index (χ0n) is 14.1. The molecule has 1 rings (SSSR count). The van der Waals surface area contributed by atoms with Crippen molar-refractivity contribution in [3.8, 4) is 0 Å². The second-order valence-corrected chi connectivity index (χ2v) is 12.7. The van der Waals surface area contributed by atoms with Crippen molar-refractivity contribution in [3.63, 3.8) is 0 Å². The van der Waals surface area contributed by atoms with Crippen molar-refractivity contribution in [1.29, 1.82) is 0 Å². The Bertz CT molecular complexity index is 270. The van der Waals surface area contributed by atoms with Gasteiger partial charge in [-0.25, -0.2) is 0 Å². The smallest absolute Gasteiger partial charge is 0.200 e. The number of hydrogen-bond acceptors (Lipinski definition) is 3. The molecular formula is C16H34O3Si. The molecule has 2 N–H and O–H groups in total. The van der Waals surface area contributed by atoms with Crippen LogP contribution in [-0.4, -0.2) is 37.8 Å². The standard InChI is InChI=1S/C16H34O3Si/c1-11(2)20(12(3)4,13(5)6)19-16-9-14(10-18)15(16)7-8-17/h11-18H,7-10H2,1-6H3/t14-,15+,16-/m0/s1. The van der Waals surface area contributed by atoms with Crippen LogP contribution < -0.4 is 0 Å². The first-order valence-corrected chi connectivity index (χ1v) is 10.3. The Kier molecular flexibility index (Phi) is 6.70. The van der Waals surface area contributed by atoms with Crippen LogP contribution in [0.4, 0.5) is 0 Å². The monoisotopic (exact) mass is 302 g/mol. The van der Waals surface area contributed by atoms with Crippen molar-refractivity contribution < 1.29 is 14.6 Å². The molecule has 1 fully saturated rings. The Labute approximate surface area is 125 Å². The van der Waals surface area contributed by atoms with Gasteiger partial charge in [-0.3, -0.25) is 0 Å². The summed E-state index contributed by atoms with van der Waals surface area (Å²) in [6, 6.07) is 0. The van der Waals surface area contributed by atoms with E-state index in [0.717, 1.165) is 12.8 Å². The number of hydrogen-bond donors (Lipinski definition) is 2. The average Bonchev–Trinajstić information content (AvgIpc) is 2.34. The molecule has 1 saturated carbocycles. The van der Waals surface area contributed by atoms with Gasteiger partial charge in [-0.2, -0.15) is 0 Å². The van der Waals surface area contributed by atoms with E-state index in [9.17, 15) is 10.2 Å². The molecule has 1 aliphatic carbocycles. The van der Waals surface area contributed by atoms with Crippen LogP contribution >= 0.6 is 0 Å². The third kappa shape index (κ3) is 3.29. The van der Waals surface area contributed by atoms with E-state index in [-0.39, 0.29) is 19.3 Å². The van der Waals surface area contributed by atoms with Crippen LogP contribution in [0.3, 0.4) is 0 Å². The summed E-state index contributed by atoms with van der Waals surface area (Å²) >= 11 is 0. The van der Waals surface area contributed by atoms with E-state index in [1.165, 1.54) is 0 Å². The molecular weight excluding hydrogens is 268 g/mol. The Morgan fingerprint density at radius 1 is 1.00 bits per heavy atom. The molecule has 0 unspecified atom stereocenters. The molecule has 0 aromatic rings. The fourth-order valence-electron chi connectivity index (χ4n) is 4.34. The SMILES string of the molecule is CC(C)[Si](O[C@H]1C[C@@H](CO)[C@H]1CCO)(C(C)C)C(C)C. The summed E-state index contributed by atoms with van der Waals surface area (Å²) in [4.78, 5) is 0. The van der Waals surface area contributed by atoms with Crippen LogP contribution in [0.25, 0.3) is 0 Å². The Balaban J connectivity index is 2.86. The molecule has 0 heterocycles. The highest BCUT2D eigenvalue weighted by molar-refractivity contribution is 6.77. The third-order valence-corrected chi connectivity index (χ3v) is 11.5. The minimum Gasteiger partial charge on any atom is -0.413 e. The van der Waals surface area contributed by atoms with Gasteiger partial charge in [0.1, 0.15) is 0 Å². The highest BCUT2D eigenvalue weighted by Gasteiger charge is 2.51. The maximum Gasteiger partial charge on any atom is 0.200 e. The molecule has 0 radical (unpaired) electrons. The summed E-state index contributed by atoms with van der Waals surface area (Å²) in [5.41, 5.74) is 1.77. The molecule has 1 aliphatic rings. The van der Waals surface area contributed by atoms with E-state index in [1.807, 2.05) is 0 Å². The predicted octanol–water partition coefficient (Wildman–Crippen LogP) is 3.56. The first-order valence-electron chi connectivity index (χ1n) is 8.20. The molecule has 0 amide bonds. The summed E-state index contributed by atoms with van der Waals surface area (Å²) in [7, 11) is -1.84. The Morgan fingerprint density at radius 2 is 1.50 bits per heavy atom. The van der Waals surface area contributed by atoms with E-state index in [0.29, 0.717) is 28.5 Å². The van der Waals surface area contributed by atoms with Gasteiger partial charge in [0.2, 0.25) is 8.32 Å². The Morgan fingerprint density at radius 3 is 1.85 bits per heavy atom. The number of rotatable bonds is 8. The number of aliphatic hydroxyl groups excluding tert-OH is 2. The molecule has 0 saturated heterocycles. The van der Waals surface area contributed by atoms with Gasteiger partial charge in [-0.15, -0.1) is 0 Å². The van der Waals surface area contributed by atoms with Crippen molar-refractivity contribution in [2.75, 3.05) is 13.2 Å². The normalized spacial score (nSPS) is 27.4. The van der Waals surface area contributed by atoms with Crippen molar-refractivity contribution in [1.82, 2.24) is 0 Å². The first kappa shape index (κ1) is 18.1. The van der Waals surface area contributed by atoms with Gasteiger partial charge >= 0.3 is 0 Å². The fraction of sp³-hybridized carbons (Fsp3) is 1.00. The molecule has 3 nitrogen and oxygen atoms in total. The van der Waals surface area contributed by atoms with Crippen LogP contribution in [0.2, 0.25) is 16.6 Å². The lowest BCUT2D eigenvalue weighted by atomic mass is 9.70. The largest absolute Gasteiger partial charge is 0.413 e. The fourth-order valence-corrected chi connectivity index (χ4v) is 9.95. The van der Waals surface area contributed by atoms with Crippen LogP contribution in [0.1, 0.15) is 54.4 Å². The van der Waals surface area contributed by atoms with Gasteiger partial charge in [-0.1, -0.05) is 41.5 Å². The lowest BCUT2D eigenvalue weighted by molar-refractivity contribution is -0.0579. The zero-order valence-corrected chi connectivity index (χ0v) is 15.1. The van der Waals surface area contributed by atoms with Crippen molar-refractivity contribution >= 4 is 8.32 Å². The summed E-state index contributed by atoms with van der Waals surface area (Å²) < 4.78 is 6.77. The van der Waals surface area contributed by atoms with Gasteiger partial charge in [-0.05, 0) is 41.3 Å². The minimum atomic E-state index is -1.84. The maximum atomic E-state index is 9.40.